The van der Waals surface area contributed by atoms with E-state index in [-0.39, 0.29) is 11.8 Å². The summed E-state index contributed by atoms with van der Waals surface area (Å²) in [5, 5.41) is 15.1. The zero-order valence-electron chi connectivity index (χ0n) is 21.2. The number of carbonyl (C=O) groups is 4. The number of benzene rings is 1. The lowest BCUT2D eigenvalue weighted by Crippen LogP contribution is -2.57. The first-order valence-electron chi connectivity index (χ1n) is 12.4. The van der Waals surface area contributed by atoms with E-state index in [0.717, 1.165) is 5.56 Å². The Kier molecular flexibility index (Phi) is 10.7. The first kappa shape index (κ1) is 28.3. The van der Waals surface area contributed by atoms with E-state index >= 15 is 0 Å². The number of carboxylic acids is 1. The van der Waals surface area contributed by atoms with Crippen molar-refractivity contribution < 1.29 is 24.3 Å². The maximum Gasteiger partial charge on any atom is 0.326 e. The molecule has 4 atom stereocenters. The first-order valence-corrected chi connectivity index (χ1v) is 12.4. The van der Waals surface area contributed by atoms with Gasteiger partial charge in [0.15, 0.2) is 0 Å². The van der Waals surface area contributed by atoms with Gasteiger partial charge >= 0.3 is 5.97 Å². The predicted octanol–water partition coefficient (Wildman–Crippen LogP) is 1.69. The van der Waals surface area contributed by atoms with Crippen molar-refractivity contribution in [3.8, 4) is 0 Å². The zero-order chi connectivity index (χ0) is 26.1. The number of hydrogen-bond donors (Lipinski definition) is 4. The summed E-state index contributed by atoms with van der Waals surface area (Å²) in [6.45, 7) is 8.09. The van der Waals surface area contributed by atoms with Crippen molar-refractivity contribution in [1.29, 1.82) is 0 Å². The highest BCUT2D eigenvalue weighted by Crippen LogP contribution is 2.20. The average molecular weight is 489 g/mol. The van der Waals surface area contributed by atoms with Crippen LogP contribution in [0.3, 0.4) is 0 Å². The average Bonchev–Trinajstić information content (AvgIpc) is 3.28. The molecule has 0 aliphatic carbocycles. The van der Waals surface area contributed by atoms with Crippen molar-refractivity contribution in [3.05, 3.63) is 35.9 Å². The largest absolute Gasteiger partial charge is 0.480 e. The first-order chi connectivity index (χ1) is 16.5. The SMILES string of the molecule is CC(C)CC(NC(=O)C(N)Cc1ccccc1)C(=O)NC(CC(C)C)C(=O)N1CCCC1C(=O)O. The molecular weight excluding hydrogens is 448 g/mol. The van der Waals surface area contributed by atoms with E-state index < -0.39 is 47.9 Å². The van der Waals surface area contributed by atoms with Gasteiger partial charge in [0.05, 0.1) is 6.04 Å². The molecule has 194 valence electrons. The van der Waals surface area contributed by atoms with E-state index in [4.69, 9.17) is 5.73 Å². The van der Waals surface area contributed by atoms with Gasteiger partial charge in [0, 0.05) is 6.54 Å². The Bertz CT molecular complexity index is 874. The van der Waals surface area contributed by atoms with Crippen LogP contribution in [0.5, 0.6) is 0 Å². The van der Waals surface area contributed by atoms with Gasteiger partial charge in [-0.15, -0.1) is 0 Å². The number of amides is 3. The molecule has 1 aliphatic heterocycles. The van der Waals surface area contributed by atoms with Gasteiger partial charge in [0.2, 0.25) is 17.7 Å². The van der Waals surface area contributed by atoms with Crippen LogP contribution in [0.2, 0.25) is 0 Å². The Labute approximate surface area is 207 Å². The topological polar surface area (TPSA) is 142 Å². The van der Waals surface area contributed by atoms with Crippen LogP contribution in [0, 0.1) is 11.8 Å². The molecule has 35 heavy (non-hydrogen) atoms. The normalized spacial score (nSPS) is 18.3. The number of likely N-dealkylation sites (tertiary alicyclic amines) is 1. The third-order valence-electron chi connectivity index (χ3n) is 6.12. The molecule has 0 saturated carbocycles. The molecule has 4 unspecified atom stereocenters. The van der Waals surface area contributed by atoms with Crippen LogP contribution in [0.25, 0.3) is 0 Å². The second-order valence-corrected chi connectivity index (χ2v) is 10.2. The van der Waals surface area contributed by atoms with Gasteiger partial charge in [-0.25, -0.2) is 4.79 Å². The molecule has 5 N–H and O–H groups in total. The van der Waals surface area contributed by atoms with Crippen molar-refractivity contribution in [2.75, 3.05) is 6.54 Å². The number of aliphatic carboxylic acids is 1. The molecule has 0 spiro atoms. The van der Waals surface area contributed by atoms with E-state index in [2.05, 4.69) is 10.6 Å². The molecule has 1 heterocycles. The Hall–Kier alpha value is -2.94. The number of carboxylic acid groups (broad SMARTS) is 1. The van der Waals surface area contributed by atoms with Gasteiger partial charge in [-0.1, -0.05) is 58.0 Å². The Morgan fingerprint density at radius 2 is 1.54 bits per heavy atom. The van der Waals surface area contributed by atoms with Gasteiger partial charge in [0.1, 0.15) is 18.1 Å². The Morgan fingerprint density at radius 3 is 2.11 bits per heavy atom. The number of carbonyl (C=O) groups excluding carboxylic acids is 3. The molecule has 1 aromatic carbocycles. The standard InChI is InChI=1S/C26H40N4O5/c1-16(2)13-20(28-23(31)19(27)15-18-9-6-5-7-10-18)24(32)29-21(14-17(3)4)25(33)30-12-8-11-22(30)26(34)35/h5-7,9-10,16-17,19-22H,8,11-15,27H2,1-4H3,(H,28,31)(H,29,32)(H,34,35). The van der Waals surface area contributed by atoms with Gasteiger partial charge in [0.25, 0.3) is 0 Å². The molecular formula is C26H40N4O5. The summed E-state index contributed by atoms with van der Waals surface area (Å²) in [7, 11) is 0. The molecule has 9 nitrogen and oxygen atoms in total. The number of rotatable bonds is 12. The molecule has 1 aromatic rings. The van der Waals surface area contributed by atoms with Crippen LogP contribution in [0.1, 0.15) is 58.9 Å². The molecule has 0 radical (unpaired) electrons. The van der Waals surface area contributed by atoms with Gasteiger partial charge in [-0.05, 0) is 49.5 Å². The molecule has 0 bridgehead atoms. The lowest BCUT2D eigenvalue weighted by Gasteiger charge is -2.30. The predicted molar refractivity (Wildman–Crippen MR) is 133 cm³/mol. The zero-order valence-corrected chi connectivity index (χ0v) is 21.2. The van der Waals surface area contributed by atoms with E-state index in [1.54, 1.807) is 0 Å². The monoisotopic (exact) mass is 488 g/mol. The molecule has 1 aliphatic rings. The highest BCUT2D eigenvalue weighted by Gasteiger charge is 2.38. The van der Waals surface area contributed by atoms with E-state index in [9.17, 15) is 24.3 Å². The van der Waals surface area contributed by atoms with Crippen LogP contribution < -0.4 is 16.4 Å². The van der Waals surface area contributed by atoms with E-state index in [0.29, 0.717) is 38.6 Å². The lowest BCUT2D eigenvalue weighted by atomic mass is 9.99. The summed E-state index contributed by atoms with van der Waals surface area (Å²) in [6.07, 6.45) is 2.08. The summed E-state index contributed by atoms with van der Waals surface area (Å²) in [5.41, 5.74) is 7.03. The summed E-state index contributed by atoms with van der Waals surface area (Å²) < 4.78 is 0. The van der Waals surface area contributed by atoms with Crippen molar-refractivity contribution in [2.24, 2.45) is 17.6 Å². The van der Waals surface area contributed by atoms with E-state index in [1.165, 1.54) is 4.90 Å². The highest BCUT2D eigenvalue weighted by molar-refractivity contribution is 5.94. The Morgan fingerprint density at radius 1 is 0.971 bits per heavy atom. The fourth-order valence-corrected chi connectivity index (χ4v) is 4.39. The number of nitrogens with zero attached hydrogens (tertiary/aromatic N) is 1. The van der Waals surface area contributed by atoms with Gasteiger partial charge < -0.3 is 26.4 Å². The van der Waals surface area contributed by atoms with Crippen LogP contribution in [-0.2, 0) is 25.6 Å². The minimum absolute atomic E-state index is 0.0903. The lowest BCUT2D eigenvalue weighted by molar-refractivity contribution is -0.149. The molecule has 3 amide bonds. The third kappa shape index (κ3) is 8.65. The molecule has 1 fully saturated rings. The molecule has 0 aromatic heterocycles. The van der Waals surface area contributed by atoms with Crippen LogP contribution in [0.15, 0.2) is 30.3 Å². The maximum atomic E-state index is 13.3. The minimum atomic E-state index is -1.04. The van der Waals surface area contributed by atoms with Gasteiger partial charge in [-0.2, -0.15) is 0 Å². The number of nitrogens with two attached hydrogens (primary N) is 1. The van der Waals surface area contributed by atoms with Crippen LogP contribution in [-0.4, -0.2) is 64.4 Å². The highest BCUT2D eigenvalue weighted by atomic mass is 16.4. The second-order valence-electron chi connectivity index (χ2n) is 10.2. The van der Waals surface area contributed by atoms with Crippen LogP contribution >= 0.6 is 0 Å². The summed E-state index contributed by atoms with van der Waals surface area (Å²) in [6, 6.07) is 5.96. The van der Waals surface area contributed by atoms with Crippen molar-refractivity contribution in [1.82, 2.24) is 15.5 Å². The summed E-state index contributed by atoms with van der Waals surface area (Å²) >= 11 is 0. The van der Waals surface area contributed by atoms with Gasteiger partial charge in [-0.3, -0.25) is 14.4 Å². The second kappa shape index (κ2) is 13.2. The fraction of sp³-hybridized carbons (Fsp3) is 0.615. The van der Waals surface area contributed by atoms with Crippen LogP contribution in [0.4, 0.5) is 0 Å². The third-order valence-corrected chi connectivity index (χ3v) is 6.12. The molecule has 1 saturated heterocycles. The Balaban J connectivity index is 2.12. The maximum absolute atomic E-state index is 13.3. The minimum Gasteiger partial charge on any atom is -0.480 e. The van der Waals surface area contributed by atoms with Crippen molar-refractivity contribution in [3.63, 3.8) is 0 Å². The molecule has 2 rings (SSSR count). The summed E-state index contributed by atoms with van der Waals surface area (Å²) in [4.78, 5) is 52.3. The van der Waals surface area contributed by atoms with Crippen molar-refractivity contribution in [2.45, 2.75) is 84.0 Å². The molecule has 9 heteroatoms. The summed E-state index contributed by atoms with van der Waals surface area (Å²) in [5.74, 6) is -2.15. The van der Waals surface area contributed by atoms with Crippen molar-refractivity contribution >= 4 is 23.7 Å². The quantitative estimate of drug-likeness (QED) is 0.353. The smallest absolute Gasteiger partial charge is 0.326 e. The number of hydrogen-bond acceptors (Lipinski definition) is 5. The number of nitrogens with one attached hydrogen (secondary N) is 2. The fourth-order valence-electron chi connectivity index (χ4n) is 4.39. The van der Waals surface area contributed by atoms with E-state index in [1.807, 2.05) is 58.0 Å².